The molecule has 0 N–H and O–H groups in total. The van der Waals surface area contributed by atoms with E-state index in [4.69, 9.17) is 15.0 Å². The van der Waals surface area contributed by atoms with Gasteiger partial charge in [-0.15, -0.1) is 0 Å². The molecule has 1 heterocycles. The van der Waals surface area contributed by atoms with Crippen LogP contribution in [-0.2, 0) is 9.47 Å². The summed E-state index contributed by atoms with van der Waals surface area (Å²) in [5.74, 6) is 0. The van der Waals surface area contributed by atoms with Gasteiger partial charge in [-0.2, -0.15) is 0 Å². The van der Waals surface area contributed by atoms with E-state index in [0.29, 0.717) is 15.7 Å². The Labute approximate surface area is 95.0 Å². The lowest BCUT2D eigenvalue weighted by molar-refractivity contribution is -0.106. The third-order valence-electron chi connectivity index (χ3n) is 1.73. The molecule has 1 aromatic rings. The van der Waals surface area contributed by atoms with Gasteiger partial charge < -0.3 is 9.47 Å². The van der Waals surface area contributed by atoms with Crippen molar-refractivity contribution in [2.45, 2.75) is 6.29 Å². The lowest BCUT2D eigenvalue weighted by Crippen LogP contribution is -2.05. The molecule has 0 amide bonds. The number of aromatic nitrogens is 1. The zero-order valence-electron chi connectivity index (χ0n) is 8.22. The predicted molar refractivity (Wildman–Crippen MR) is 57.5 cm³/mol. The lowest BCUT2D eigenvalue weighted by atomic mass is 10.2. The average molecular weight is 273 g/mol. The van der Waals surface area contributed by atoms with Gasteiger partial charge in [0.25, 0.3) is 0 Å². The van der Waals surface area contributed by atoms with Crippen molar-refractivity contribution in [3.63, 3.8) is 0 Å². The predicted octanol–water partition coefficient (Wildman–Crippen LogP) is 3.08. The molecule has 1 rings (SSSR count). The van der Waals surface area contributed by atoms with Gasteiger partial charge >= 0.3 is 0 Å². The number of methoxy groups -OCH3 is 2. The number of nitrogens with zero attached hydrogens (tertiary/aromatic N) is 4. The third-order valence-corrected chi connectivity index (χ3v) is 2.37. The summed E-state index contributed by atoms with van der Waals surface area (Å²) in [5.41, 5.74) is 9.39. The third kappa shape index (κ3) is 2.66. The molecule has 0 fully saturated rings. The quantitative estimate of drug-likeness (QED) is 0.366. The Morgan fingerprint density at radius 1 is 1.47 bits per heavy atom. The van der Waals surface area contributed by atoms with Crippen LogP contribution in [0.5, 0.6) is 0 Å². The van der Waals surface area contributed by atoms with Crippen LogP contribution in [0.2, 0.25) is 0 Å². The van der Waals surface area contributed by atoms with E-state index in [1.54, 1.807) is 6.20 Å². The zero-order chi connectivity index (χ0) is 11.3. The van der Waals surface area contributed by atoms with E-state index in [9.17, 15) is 0 Å². The summed E-state index contributed by atoms with van der Waals surface area (Å²) in [6.45, 7) is 0. The highest BCUT2D eigenvalue weighted by molar-refractivity contribution is 9.10. The molecule has 0 bridgehead atoms. The SMILES string of the molecule is COC(OC)c1c(Br)cncc1N=[N+]=[N-]. The second-order valence-corrected chi connectivity index (χ2v) is 3.40. The van der Waals surface area contributed by atoms with E-state index in [2.05, 4.69) is 30.9 Å². The normalized spacial score (nSPS) is 10.1. The van der Waals surface area contributed by atoms with E-state index < -0.39 is 6.29 Å². The van der Waals surface area contributed by atoms with Crippen LogP contribution in [0.1, 0.15) is 11.9 Å². The van der Waals surface area contributed by atoms with Crippen molar-refractivity contribution in [2.75, 3.05) is 14.2 Å². The van der Waals surface area contributed by atoms with Gasteiger partial charge in [0.15, 0.2) is 6.29 Å². The van der Waals surface area contributed by atoms with Crippen LogP contribution in [0.15, 0.2) is 22.0 Å². The molecule has 0 aliphatic carbocycles. The molecule has 0 saturated heterocycles. The zero-order valence-corrected chi connectivity index (χ0v) is 9.80. The highest BCUT2D eigenvalue weighted by atomic mass is 79.9. The number of pyridine rings is 1. The Kier molecular flexibility index (Phi) is 4.51. The molecule has 80 valence electrons. The number of halogens is 1. The molecule has 1 aromatic heterocycles. The lowest BCUT2D eigenvalue weighted by Gasteiger charge is -2.16. The van der Waals surface area contributed by atoms with Crippen LogP contribution in [0.4, 0.5) is 5.69 Å². The summed E-state index contributed by atoms with van der Waals surface area (Å²) < 4.78 is 10.8. The van der Waals surface area contributed by atoms with E-state index in [-0.39, 0.29) is 0 Å². The second-order valence-electron chi connectivity index (χ2n) is 2.55. The molecule has 0 aliphatic rings. The first-order valence-electron chi connectivity index (χ1n) is 3.98. The van der Waals surface area contributed by atoms with Crippen LogP contribution in [-0.4, -0.2) is 19.2 Å². The average Bonchev–Trinajstić information content (AvgIpc) is 2.24. The first kappa shape index (κ1) is 11.9. The van der Waals surface area contributed by atoms with Crippen molar-refractivity contribution in [3.05, 3.63) is 32.9 Å². The monoisotopic (exact) mass is 272 g/mol. The van der Waals surface area contributed by atoms with Crippen LogP contribution in [0.3, 0.4) is 0 Å². The minimum Gasteiger partial charge on any atom is -0.352 e. The van der Waals surface area contributed by atoms with Gasteiger partial charge in [0.2, 0.25) is 0 Å². The van der Waals surface area contributed by atoms with E-state index in [0.717, 1.165) is 0 Å². The molecular formula is C8H9BrN4O2. The summed E-state index contributed by atoms with van der Waals surface area (Å²) >= 11 is 3.29. The summed E-state index contributed by atoms with van der Waals surface area (Å²) in [7, 11) is 3.00. The summed E-state index contributed by atoms with van der Waals surface area (Å²) in [5, 5.41) is 3.51. The smallest absolute Gasteiger partial charge is 0.184 e. The highest BCUT2D eigenvalue weighted by Gasteiger charge is 2.17. The fourth-order valence-corrected chi connectivity index (χ4v) is 1.64. The minimum absolute atomic E-state index is 0.376. The fourth-order valence-electron chi connectivity index (χ4n) is 1.13. The fraction of sp³-hybridized carbons (Fsp3) is 0.375. The highest BCUT2D eigenvalue weighted by Crippen LogP contribution is 2.33. The number of hydrogen-bond acceptors (Lipinski definition) is 4. The Morgan fingerprint density at radius 2 is 2.13 bits per heavy atom. The number of azide groups is 1. The van der Waals surface area contributed by atoms with Gasteiger partial charge in [-0.1, -0.05) is 5.11 Å². The number of rotatable bonds is 4. The van der Waals surface area contributed by atoms with E-state index >= 15 is 0 Å². The Balaban J connectivity index is 3.28. The van der Waals surface area contributed by atoms with Crippen LogP contribution in [0.25, 0.3) is 10.4 Å². The molecule has 0 aromatic carbocycles. The van der Waals surface area contributed by atoms with Crippen LogP contribution < -0.4 is 0 Å². The van der Waals surface area contributed by atoms with Crippen molar-refractivity contribution >= 4 is 21.6 Å². The first-order chi connectivity index (χ1) is 7.24. The Bertz CT molecular complexity index is 388. The minimum atomic E-state index is -0.595. The first-order valence-corrected chi connectivity index (χ1v) is 4.78. The standard InChI is InChI=1S/C8H9BrN4O2/c1-14-8(15-2)7-5(9)3-11-4-6(7)12-13-10/h3-4,8H,1-2H3. The van der Waals surface area contributed by atoms with Gasteiger partial charge in [-0.3, -0.25) is 4.98 Å². The van der Waals surface area contributed by atoms with Crippen molar-refractivity contribution in [3.8, 4) is 0 Å². The molecule has 7 heteroatoms. The molecule has 15 heavy (non-hydrogen) atoms. The summed E-state index contributed by atoms with van der Waals surface area (Å²) in [4.78, 5) is 6.60. The molecule has 0 saturated carbocycles. The molecule has 0 radical (unpaired) electrons. The maximum atomic E-state index is 8.40. The largest absolute Gasteiger partial charge is 0.352 e. The molecule has 0 atom stereocenters. The van der Waals surface area contributed by atoms with Gasteiger partial charge in [-0.05, 0) is 21.5 Å². The molecular weight excluding hydrogens is 264 g/mol. The number of hydrogen-bond donors (Lipinski definition) is 0. The topological polar surface area (TPSA) is 80.1 Å². The summed E-state index contributed by atoms with van der Waals surface area (Å²) in [6, 6.07) is 0. The van der Waals surface area contributed by atoms with E-state index in [1.165, 1.54) is 20.4 Å². The molecule has 6 nitrogen and oxygen atoms in total. The van der Waals surface area contributed by atoms with Gasteiger partial charge in [0.05, 0.1) is 5.69 Å². The second kappa shape index (κ2) is 5.67. The Morgan fingerprint density at radius 3 is 2.67 bits per heavy atom. The van der Waals surface area contributed by atoms with Crippen molar-refractivity contribution < 1.29 is 9.47 Å². The van der Waals surface area contributed by atoms with Crippen LogP contribution >= 0.6 is 15.9 Å². The molecule has 0 aliphatic heterocycles. The van der Waals surface area contributed by atoms with Crippen molar-refractivity contribution in [2.24, 2.45) is 5.11 Å². The van der Waals surface area contributed by atoms with Crippen molar-refractivity contribution in [1.82, 2.24) is 4.98 Å². The maximum absolute atomic E-state index is 8.40. The van der Waals surface area contributed by atoms with Crippen LogP contribution in [0, 0.1) is 0 Å². The van der Waals surface area contributed by atoms with Gasteiger partial charge in [0.1, 0.15) is 0 Å². The molecule has 0 spiro atoms. The van der Waals surface area contributed by atoms with Gasteiger partial charge in [-0.25, -0.2) is 0 Å². The van der Waals surface area contributed by atoms with E-state index in [1.807, 2.05) is 0 Å². The summed E-state index contributed by atoms with van der Waals surface area (Å²) in [6.07, 6.45) is 2.43. The van der Waals surface area contributed by atoms with Crippen molar-refractivity contribution in [1.29, 1.82) is 0 Å². The Hall–Kier alpha value is -1.14. The number of ether oxygens (including phenoxy) is 2. The van der Waals surface area contributed by atoms with Gasteiger partial charge in [0, 0.05) is 41.6 Å². The maximum Gasteiger partial charge on any atom is 0.184 e. The molecule has 0 unspecified atom stereocenters.